The number of amides is 1. The van der Waals surface area contributed by atoms with Crippen LogP contribution < -0.4 is 5.32 Å². The molecule has 0 aliphatic heterocycles. The van der Waals surface area contributed by atoms with E-state index in [0.717, 1.165) is 15.9 Å². The molecule has 2 heterocycles. The monoisotopic (exact) mass is 359 g/mol. The van der Waals surface area contributed by atoms with Crippen LogP contribution >= 0.6 is 23.1 Å². The number of hydrogen-bond acceptors (Lipinski definition) is 6. The molecule has 1 amide bonds. The summed E-state index contributed by atoms with van der Waals surface area (Å²) in [5.41, 5.74) is 1.54. The van der Waals surface area contributed by atoms with E-state index < -0.39 is 0 Å². The third-order valence-electron chi connectivity index (χ3n) is 3.35. The molecule has 124 valence electrons. The molecule has 0 spiro atoms. The van der Waals surface area contributed by atoms with Gasteiger partial charge in [0.25, 0.3) is 5.91 Å². The van der Waals surface area contributed by atoms with E-state index in [9.17, 15) is 4.79 Å². The standard InChI is InChI=1S/C16H17N5OS2/c1-10(2)14-19-20-15(24-14)18-13(22)11-4-6-12(7-5-11)21-9-8-17-16(21)23-3/h4-10H,1-3H3,(H,18,20,22). The first-order valence-electron chi connectivity index (χ1n) is 7.41. The molecule has 3 rings (SSSR count). The van der Waals surface area contributed by atoms with Crippen LogP contribution in [0.5, 0.6) is 0 Å². The first kappa shape index (κ1) is 16.7. The molecule has 0 unspecified atom stereocenters. The zero-order valence-corrected chi connectivity index (χ0v) is 15.2. The normalized spacial score (nSPS) is 11.0. The molecule has 0 saturated carbocycles. The average Bonchev–Trinajstić information content (AvgIpc) is 3.24. The van der Waals surface area contributed by atoms with Crippen LogP contribution in [-0.4, -0.2) is 31.9 Å². The smallest absolute Gasteiger partial charge is 0.257 e. The Balaban J connectivity index is 1.74. The van der Waals surface area contributed by atoms with E-state index in [4.69, 9.17) is 0 Å². The van der Waals surface area contributed by atoms with Crippen molar-refractivity contribution in [3.05, 3.63) is 47.2 Å². The van der Waals surface area contributed by atoms with Crippen LogP contribution in [-0.2, 0) is 0 Å². The van der Waals surface area contributed by atoms with E-state index in [1.165, 1.54) is 11.3 Å². The minimum absolute atomic E-state index is 0.191. The van der Waals surface area contributed by atoms with Gasteiger partial charge in [-0.1, -0.05) is 36.9 Å². The lowest BCUT2D eigenvalue weighted by atomic mass is 10.2. The van der Waals surface area contributed by atoms with E-state index in [1.54, 1.807) is 30.1 Å². The second-order valence-electron chi connectivity index (χ2n) is 5.39. The molecule has 0 atom stereocenters. The molecular formula is C16H17N5OS2. The molecule has 0 fully saturated rings. The Labute approximate surface area is 148 Å². The van der Waals surface area contributed by atoms with Crippen LogP contribution in [0.3, 0.4) is 0 Å². The minimum atomic E-state index is -0.191. The first-order valence-corrected chi connectivity index (χ1v) is 9.45. The third kappa shape index (κ3) is 3.49. The maximum atomic E-state index is 12.3. The van der Waals surface area contributed by atoms with Crippen molar-refractivity contribution in [2.75, 3.05) is 11.6 Å². The Kier molecular flexibility index (Phi) is 4.96. The lowest BCUT2D eigenvalue weighted by Crippen LogP contribution is -2.11. The van der Waals surface area contributed by atoms with Crippen LogP contribution in [0.1, 0.15) is 35.1 Å². The van der Waals surface area contributed by atoms with Crippen molar-refractivity contribution >= 4 is 34.1 Å². The first-order chi connectivity index (χ1) is 11.6. The number of carbonyl (C=O) groups is 1. The lowest BCUT2D eigenvalue weighted by Gasteiger charge is -2.07. The molecule has 2 aromatic heterocycles. The van der Waals surface area contributed by atoms with Crippen molar-refractivity contribution in [1.29, 1.82) is 0 Å². The summed E-state index contributed by atoms with van der Waals surface area (Å²) in [6, 6.07) is 7.38. The van der Waals surface area contributed by atoms with Gasteiger partial charge in [-0.25, -0.2) is 4.98 Å². The van der Waals surface area contributed by atoms with Gasteiger partial charge in [0.15, 0.2) is 5.16 Å². The Morgan fingerprint density at radius 2 is 2.00 bits per heavy atom. The number of aromatic nitrogens is 4. The molecule has 24 heavy (non-hydrogen) atoms. The molecule has 3 aromatic rings. The molecule has 0 radical (unpaired) electrons. The number of nitrogens with zero attached hydrogens (tertiary/aromatic N) is 4. The van der Waals surface area contributed by atoms with Gasteiger partial charge in [0.05, 0.1) is 0 Å². The average molecular weight is 359 g/mol. The molecule has 0 aliphatic carbocycles. The fourth-order valence-electron chi connectivity index (χ4n) is 2.10. The van der Waals surface area contributed by atoms with E-state index in [-0.39, 0.29) is 5.91 Å². The summed E-state index contributed by atoms with van der Waals surface area (Å²) >= 11 is 2.97. The van der Waals surface area contributed by atoms with Gasteiger partial charge in [-0.3, -0.25) is 14.7 Å². The number of hydrogen-bond donors (Lipinski definition) is 1. The Hall–Kier alpha value is -2.19. The number of anilines is 1. The Bertz CT molecular complexity index is 838. The predicted octanol–water partition coefficient (Wildman–Crippen LogP) is 3.82. The van der Waals surface area contributed by atoms with Crippen molar-refractivity contribution in [2.45, 2.75) is 24.9 Å². The maximum absolute atomic E-state index is 12.3. The number of carbonyl (C=O) groups excluding carboxylic acids is 1. The molecule has 0 aliphatic rings. The zero-order valence-electron chi connectivity index (χ0n) is 13.6. The number of imidazole rings is 1. The molecule has 1 N–H and O–H groups in total. The van der Waals surface area contributed by atoms with E-state index in [2.05, 4.69) is 20.5 Å². The van der Waals surface area contributed by atoms with E-state index in [1.807, 2.05) is 43.0 Å². The summed E-state index contributed by atoms with van der Waals surface area (Å²) in [6.07, 6.45) is 5.64. The van der Waals surface area contributed by atoms with Gasteiger partial charge in [0.1, 0.15) is 5.01 Å². The highest BCUT2D eigenvalue weighted by atomic mass is 32.2. The number of rotatable bonds is 5. The molecule has 0 bridgehead atoms. The highest BCUT2D eigenvalue weighted by Gasteiger charge is 2.12. The Morgan fingerprint density at radius 3 is 2.62 bits per heavy atom. The van der Waals surface area contributed by atoms with Gasteiger partial charge in [-0.2, -0.15) is 0 Å². The largest absolute Gasteiger partial charge is 0.296 e. The van der Waals surface area contributed by atoms with Crippen LogP contribution in [0.2, 0.25) is 0 Å². The van der Waals surface area contributed by atoms with Gasteiger partial charge >= 0.3 is 0 Å². The SMILES string of the molecule is CSc1nccn1-c1ccc(C(=O)Nc2nnc(C(C)C)s2)cc1. The molecule has 0 saturated heterocycles. The molecule has 6 nitrogen and oxygen atoms in total. The van der Waals surface area contributed by atoms with E-state index >= 15 is 0 Å². The van der Waals surface area contributed by atoms with Crippen molar-refractivity contribution < 1.29 is 4.79 Å². The van der Waals surface area contributed by atoms with Crippen molar-refractivity contribution in [2.24, 2.45) is 0 Å². The zero-order chi connectivity index (χ0) is 17.1. The van der Waals surface area contributed by atoms with Crippen LogP contribution in [0, 0.1) is 0 Å². The Morgan fingerprint density at radius 1 is 1.25 bits per heavy atom. The fraction of sp³-hybridized carbons (Fsp3) is 0.250. The van der Waals surface area contributed by atoms with Crippen molar-refractivity contribution in [1.82, 2.24) is 19.7 Å². The summed E-state index contributed by atoms with van der Waals surface area (Å²) in [5, 5.41) is 13.2. The second-order valence-corrected chi connectivity index (χ2v) is 7.17. The lowest BCUT2D eigenvalue weighted by molar-refractivity contribution is 0.102. The van der Waals surface area contributed by atoms with Gasteiger partial charge in [0.2, 0.25) is 5.13 Å². The van der Waals surface area contributed by atoms with Gasteiger partial charge < -0.3 is 0 Å². The fourth-order valence-corrected chi connectivity index (χ4v) is 3.37. The quantitative estimate of drug-likeness (QED) is 0.701. The third-order valence-corrected chi connectivity index (χ3v) is 5.16. The molecular weight excluding hydrogens is 342 g/mol. The summed E-state index contributed by atoms with van der Waals surface area (Å²) in [4.78, 5) is 16.6. The van der Waals surface area contributed by atoms with Gasteiger partial charge in [-0.05, 0) is 30.5 Å². The van der Waals surface area contributed by atoms with Gasteiger partial charge in [0, 0.05) is 29.6 Å². The second kappa shape index (κ2) is 7.14. The highest BCUT2D eigenvalue weighted by molar-refractivity contribution is 7.98. The summed E-state index contributed by atoms with van der Waals surface area (Å²) in [7, 11) is 0. The van der Waals surface area contributed by atoms with Crippen molar-refractivity contribution in [3.63, 3.8) is 0 Å². The number of nitrogens with one attached hydrogen (secondary N) is 1. The molecule has 8 heteroatoms. The topological polar surface area (TPSA) is 72.7 Å². The van der Waals surface area contributed by atoms with Crippen LogP contribution in [0.15, 0.2) is 41.8 Å². The van der Waals surface area contributed by atoms with Crippen LogP contribution in [0.25, 0.3) is 5.69 Å². The summed E-state index contributed by atoms with van der Waals surface area (Å²) < 4.78 is 1.98. The van der Waals surface area contributed by atoms with Gasteiger partial charge in [-0.15, -0.1) is 10.2 Å². The summed E-state index contributed by atoms with van der Waals surface area (Å²) in [6.45, 7) is 4.09. The maximum Gasteiger partial charge on any atom is 0.257 e. The van der Waals surface area contributed by atoms with Crippen LogP contribution in [0.4, 0.5) is 5.13 Å². The number of benzene rings is 1. The molecule has 1 aromatic carbocycles. The summed E-state index contributed by atoms with van der Waals surface area (Å²) in [5.74, 6) is 0.108. The minimum Gasteiger partial charge on any atom is -0.296 e. The number of thioether (sulfide) groups is 1. The van der Waals surface area contributed by atoms with Crippen molar-refractivity contribution in [3.8, 4) is 5.69 Å². The highest BCUT2D eigenvalue weighted by Crippen LogP contribution is 2.23. The van der Waals surface area contributed by atoms with E-state index in [0.29, 0.717) is 16.6 Å². The predicted molar refractivity (Wildman–Crippen MR) is 97.3 cm³/mol.